The quantitative estimate of drug-likeness (QED) is 0.292. The fourth-order valence-corrected chi connectivity index (χ4v) is 3.27. The van der Waals surface area contributed by atoms with Gasteiger partial charge in [-0.3, -0.25) is 4.79 Å². The summed E-state index contributed by atoms with van der Waals surface area (Å²) in [5.74, 6) is -1.40. The minimum absolute atomic E-state index is 0.0392. The van der Waals surface area contributed by atoms with Crippen molar-refractivity contribution >= 4 is 17.3 Å². The van der Waals surface area contributed by atoms with Crippen LogP contribution < -0.4 is 16.1 Å². The second-order valence-corrected chi connectivity index (χ2v) is 7.09. The first kappa shape index (κ1) is 26.1. The van der Waals surface area contributed by atoms with Crippen LogP contribution in [-0.4, -0.2) is 32.8 Å². The van der Waals surface area contributed by atoms with Gasteiger partial charge in [0, 0.05) is 25.2 Å². The van der Waals surface area contributed by atoms with Gasteiger partial charge in [-0.1, -0.05) is 23.4 Å². The second kappa shape index (κ2) is 11.1. The molecule has 7 nitrogen and oxygen atoms in total. The molecule has 0 bridgehead atoms. The first-order chi connectivity index (χ1) is 15.5. The summed E-state index contributed by atoms with van der Waals surface area (Å²) in [6.45, 7) is 3.14. The molecular weight excluding hydrogens is 444 g/mol. The molecule has 0 aliphatic carbocycles. The number of nitrogens with one attached hydrogen (secondary N) is 3. The monoisotopic (exact) mass is 470 g/mol. The maximum Gasteiger partial charge on any atom is 0.416 e. The molecule has 33 heavy (non-hydrogen) atoms. The first-order valence-corrected chi connectivity index (χ1v) is 9.89. The summed E-state index contributed by atoms with van der Waals surface area (Å²) >= 11 is 0. The maximum atomic E-state index is 14.3. The van der Waals surface area contributed by atoms with Crippen molar-refractivity contribution in [1.82, 2.24) is 10.8 Å². The van der Waals surface area contributed by atoms with Crippen LogP contribution in [0.15, 0.2) is 35.5 Å². The summed E-state index contributed by atoms with van der Waals surface area (Å²) in [5.41, 5.74) is 3.32. The zero-order valence-corrected chi connectivity index (χ0v) is 18.9. The highest BCUT2D eigenvalue weighted by molar-refractivity contribution is 6.03. The fourth-order valence-electron chi connectivity index (χ4n) is 3.27. The lowest BCUT2D eigenvalue weighted by atomic mass is 9.96. The minimum atomic E-state index is -4.72. The number of rotatable bonds is 9. The van der Waals surface area contributed by atoms with Crippen molar-refractivity contribution in [3.05, 3.63) is 64.0 Å². The van der Waals surface area contributed by atoms with Crippen molar-refractivity contribution in [3.63, 3.8) is 0 Å². The number of amides is 1. The van der Waals surface area contributed by atoms with E-state index in [2.05, 4.69) is 21.3 Å². The number of benzene rings is 2. The van der Waals surface area contributed by atoms with Crippen LogP contribution in [0.3, 0.4) is 0 Å². The number of hydroxylamine groups is 1. The van der Waals surface area contributed by atoms with Gasteiger partial charge >= 0.3 is 6.18 Å². The SMILES string of the molecule is CNC(=O)C(NOC)c1cccc(C)c1CO/N=C(\C)c1cc(C(F)(F)F)cc(F)c1NC. The molecule has 2 rings (SSSR count). The predicted octanol–water partition coefficient (Wildman–Crippen LogP) is 4.07. The van der Waals surface area contributed by atoms with Gasteiger partial charge in [0.1, 0.15) is 18.5 Å². The lowest BCUT2D eigenvalue weighted by Crippen LogP contribution is -2.36. The van der Waals surface area contributed by atoms with E-state index in [9.17, 15) is 22.4 Å². The van der Waals surface area contributed by atoms with E-state index in [0.717, 1.165) is 11.6 Å². The van der Waals surface area contributed by atoms with Crippen molar-refractivity contribution in [1.29, 1.82) is 0 Å². The van der Waals surface area contributed by atoms with E-state index in [4.69, 9.17) is 9.68 Å². The third kappa shape index (κ3) is 6.20. The Kier molecular flexibility index (Phi) is 8.77. The van der Waals surface area contributed by atoms with Crippen LogP contribution in [0.4, 0.5) is 23.2 Å². The van der Waals surface area contributed by atoms with E-state index in [1.54, 1.807) is 12.1 Å². The van der Waals surface area contributed by atoms with E-state index in [1.165, 1.54) is 28.1 Å². The van der Waals surface area contributed by atoms with Gasteiger partial charge < -0.3 is 20.3 Å². The molecule has 0 heterocycles. The zero-order chi connectivity index (χ0) is 24.8. The smallest absolute Gasteiger partial charge is 0.391 e. The zero-order valence-electron chi connectivity index (χ0n) is 18.9. The summed E-state index contributed by atoms with van der Waals surface area (Å²) in [7, 11) is 4.26. The highest BCUT2D eigenvalue weighted by Crippen LogP contribution is 2.34. The molecule has 1 unspecified atom stereocenters. The van der Waals surface area contributed by atoms with Crippen LogP contribution in [0.1, 0.15) is 40.8 Å². The Bertz CT molecular complexity index is 1030. The maximum absolute atomic E-state index is 14.3. The highest BCUT2D eigenvalue weighted by Gasteiger charge is 2.33. The number of aryl methyl sites for hydroxylation is 1. The summed E-state index contributed by atoms with van der Waals surface area (Å²) in [5, 5.41) is 9.00. The number of likely N-dealkylation sites (N-methyl/N-ethyl adjacent to an activating group) is 1. The predicted molar refractivity (Wildman–Crippen MR) is 116 cm³/mol. The normalized spacial score (nSPS) is 12.9. The van der Waals surface area contributed by atoms with Crippen molar-refractivity contribution in [3.8, 4) is 0 Å². The molecule has 0 spiro atoms. The van der Waals surface area contributed by atoms with E-state index in [-0.39, 0.29) is 29.5 Å². The fraction of sp³-hybridized carbons (Fsp3) is 0.364. The lowest BCUT2D eigenvalue weighted by Gasteiger charge is -2.20. The van der Waals surface area contributed by atoms with Gasteiger partial charge in [-0.2, -0.15) is 18.7 Å². The van der Waals surface area contributed by atoms with Gasteiger partial charge in [0.05, 0.1) is 24.1 Å². The molecule has 2 aromatic carbocycles. The number of hydrogen-bond acceptors (Lipinski definition) is 6. The van der Waals surface area contributed by atoms with Crippen LogP contribution in [0, 0.1) is 12.7 Å². The Morgan fingerprint density at radius 3 is 2.48 bits per heavy atom. The van der Waals surface area contributed by atoms with Crippen molar-refractivity contribution in [2.24, 2.45) is 5.16 Å². The second-order valence-electron chi connectivity index (χ2n) is 7.09. The molecule has 11 heteroatoms. The molecule has 0 saturated heterocycles. The number of carbonyl (C=O) groups excluding carboxylic acids is 1. The van der Waals surface area contributed by atoms with E-state index < -0.39 is 23.6 Å². The third-order valence-corrected chi connectivity index (χ3v) is 4.97. The molecule has 0 fully saturated rings. The molecule has 0 aliphatic rings. The molecule has 180 valence electrons. The average molecular weight is 470 g/mol. The van der Waals surface area contributed by atoms with Crippen LogP contribution in [0.5, 0.6) is 0 Å². The van der Waals surface area contributed by atoms with Gasteiger partial charge in [0.25, 0.3) is 0 Å². The number of carbonyl (C=O) groups is 1. The van der Waals surface area contributed by atoms with Crippen LogP contribution in [0.25, 0.3) is 0 Å². The van der Waals surface area contributed by atoms with Crippen LogP contribution in [0.2, 0.25) is 0 Å². The molecule has 1 amide bonds. The number of alkyl halides is 3. The molecule has 0 radical (unpaired) electrons. The minimum Gasteiger partial charge on any atom is -0.391 e. The Hall–Kier alpha value is -3.18. The number of nitrogens with zero attached hydrogens (tertiary/aromatic N) is 1. The summed E-state index contributed by atoms with van der Waals surface area (Å²) in [4.78, 5) is 22.7. The Balaban J connectivity index is 2.38. The van der Waals surface area contributed by atoms with Crippen LogP contribution >= 0.6 is 0 Å². The Morgan fingerprint density at radius 2 is 1.91 bits per heavy atom. The Morgan fingerprint density at radius 1 is 1.21 bits per heavy atom. The van der Waals surface area contributed by atoms with Crippen LogP contribution in [-0.2, 0) is 27.3 Å². The molecule has 0 aliphatic heterocycles. The van der Waals surface area contributed by atoms with Crippen molar-refractivity contribution in [2.75, 3.05) is 26.5 Å². The van der Waals surface area contributed by atoms with Crippen molar-refractivity contribution in [2.45, 2.75) is 32.7 Å². The topological polar surface area (TPSA) is 84.0 Å². The highest BCUT2D eigenvalue weighted by atomic mass is 19.4. The van der Waals surface area contributed by atoms with Gasteiger partial charge in [0.15, 0.2) is 0 Å². The van der Waals surface area contributed by atoms with E-state index >= 15 is 0 Å². The standard InChI is InChI=1S/C22H26F4N4O3/c1-12-7-6-8-15(20(30-32-5)21(31)28-4)17(12)11-33-29-13(2)16-9-14(22(24,25)26)10-18(23)19(16)27-3/h6-10,20,27,30H,11H2,1-5H3,(H,28,31)/b29-13+. The van der Waals surface area contributed by atoms with Gasteiger partial charge in [0.2, 0.25) is 5.91 Å². The molecule has 2 aromatic rings. The summed E-state index contributed by atoms with van der Waals surface area (Å²) in [6.07, 6.45) is -4.72. The summed E-state index contributed by atoms with van der Waals surface area (Å²) < 4.78 is 53.7. The molecular formula is C22H26F4N4O3. The summed E-state index contributed by atoms with van der Waals surface area (Å²) in [6, 6.07) is 5.69. The number of halogens is 4. The van der Waals surface area contributed by atoms with Gasteiger partial charge in [-0.05, 0) is 37.1 Å². The molecule has 0 aromatic heterocycles. The number of oxime groups is 1. The largest absolute Gasteiger partial charge is 0.416 e. The van der Waals surface area contributed by atoms with Gasteiger partial charge in [-0.15, -0.1) is 0 Å². The molecule has 3 N–H and O–H groups in total. The lowest BCUT2D eigenvalue weighted by molar-refractivity contribution is -0.137. The molecule has 1 atom stereocenters. The van der Waals surface area contributed by atoms with E-state index in [1.807, 2.05) is 13.0 Å². The number of anilines is 1. The van der Waals surface area contributed by atoms with Crippen molar-refractivity contribution < 1.29 is 32.0 Å². The molecule has 0 saturated carbocycles. The third-order valence-electron chi connectivity index (χ3n) is 4.97. The first-order valence-electron chi connectivity index (χ1n) is 9.89. The van der Waals surface area contributed by atoms with E-state index in [0.29, 0.717) is 17.2 Å². The van der Waals surface area contributed by atoms with Gasteiger partial charge in [-0.25, -0.2) is 4.39 Å². The number of hydrogen-bond donors (Lipinski definition) is 3. The Labute approximate surface area is 189 Å². The average Bonchev–Trinajstić information content (AvgIpc) is 2.76.